The summed E-state index contributed by atoms with van der Waals surface area (Å²) in [5.74, 6) is 0. The van der Waals surface area contributed by atoms with Crippen molar-refractivity contribution in [2.45, 2.75) is 0 Å². The van der Waals surface area contributed by atoms with Crippen molar-refractivity contribution in [3.8, 4) is 0 Å². The summed E-state index contributed by atoms with van der Waals surface area (Å²) in [6.07, 6.45) is 0. The molecule has 0 rings (SSSR count). The number of hydrogen-bond acceptors (Lipinski definition) is 8. The molecule has 0 aliphatic carbocycles. The van der Waals surface area contributed by atoms with Crippen LogP contribution in [0.4, 0.5) is 0 Å². The standard InChI is InChI=1S/CH6O8P2.4H3O4P/c2-10(3,4)8-1-9-11(5,6)7;4*1-5(2,3)4/h1H2,(H2,2,3,4)(H2,5,6,7);4*(H3,1,2,3,4). The highest BCUT2D eigenvalue weighted by atomic mass is 31.2. The highest BCUT2D eigenvalue weighted by Crippen LogP contribution is 2.40. The first-order valence-corrected chi connectivity index (χ1v) is 14.6. The van der Waals surface area contributed by atoms with Gasteiger partial charge in [-0.15, -0.1) is 0 Å². The van der Waals surface area contributed by atoms with Crippen molar-refractivity contribution in [1.29, 1.82) is 0 Å². The maximum absolute atomic E-state index is 9.86. The minimum Gasteiger partial charge on any atom is -0.303 e. The highest BCUT2D eigenvalue weighted by Gasteiger charge is 2.19. The van der Waals surface area contributed by atoms with Crippen LogP contribution in [0.2, 0.25) is 0 Å². The minimum atomic E-state index is -4.72. The predicted molar refractivity (Wildman–Crippen MR) is 88.2 cm³/mol. The normalized spacial score (nSPS) is 12.4. The van der Waals surface area contributed by atoms with E-state index in [4.69, 9.17) is 96.6 Å². The van der Waals surface area contributed by atoms with Gasteiger partial charge in [0.1, 0.15) is 0 Å². The minimum absolute atomic E-state index is 1.16. The van der Waals surface area contributed by atoms with E-state index in [1.165, 1.54) is 0 Å². The maximum Gasteiger partial charge on any atom is 0.471 e. The molecule has 0 unspecified atom stereocenters. The quantitative estimate of drug-likeness (QED) is 0.107. The van der Waals surface area contributed by atoms with Crippen LogP contribution in [0.25, 0.3) is 0 Å². The molecular weight excluding hydrogens is 582 g/mol. The zero-order valence-electron chi connectivity index (χ0n) is 13.8. The van der Waals surface area contributed by atoms with Gasteiger partial charge in [-0.2, -0.15) is 0 Å². The second-order valence-corrected chi connectivity index (χ2v) is 10.00. The summed E-state index contributed by atoms with van der Waals surface area (Å²) in [4.78, 5) is 118. The second-order valence-electron chi connectivity index (χ2n) is 3.41. The van der Waals surface area contributed by atoms with Gasteiger partial charge in [0.15, 0.2) is 6.79 Å². The molecule has 0 radical (unpaired) electrons. The van der Waals surface area contributed by atoms with Crippen LogP contribution in [-0.4, -0.2) is 85.1 Å². The molecule has 16 N–H and O–H groups in total. The van der Waals surface area contributed by atoms with Gasteiger partial charge in [-0.05, 0) is 0 Å². The average Bonchev–Trinajstić information content (AvgIpc) is 2.13. The number of hydrogen-bond donors (Lipinski definition) is 16. The van der Waals surface area contributed by atoms with E-state index < -0.39 is 53.7 Å². The molecule has 0 aromatic carbocycles. The lowest BCUT2D eigenvalue weighted by molar-refractivity contribution is 0.0581. The topological polar surface area (TPSA) is 445 Å². The largest absolute Gasteiger partial charge is 0.471 e. The van der Waals surface area contributed by atoms with Gasteiger partial charge in [0, 0.05) is 0 Å². The van der Waals surface area contributed by atoms with E-state index in [1.807, 2.05) is 0 Å². The SMILES string of the molecule is O=P(O)(O)O.O=P(O)(O)O.O=P(O)(O)O.O=P(O)(O)O.O=P(O)(O)OCOP(=O)(O)O. The fraction of sp³-hybridized carbons (Fsp3) is 1.00. The predicted octanol–water partition coefficient (Wildman–Crippen LogP) is -4.55. The van der Waals surface area contributed by atoms with Crippen molar-refractivity contribution >= 4 is 46.9 Å². The number of phosphoric ester groups is 2. The van der Waals surface area contributed by atoms with E-state index >= 15 is 0 Å². The lowest BCUT2D eigenvalue weighted by atomic mass is 11.6. The third-order valence-electron chi connectivity index (χ3n) is 0.442. The fourth-order valence-electron chi connectivity index (χ4n) is 0.161. The molecule has 0 amide bonds. The third-order valence-corrected chi connectivity index (χ3v) is 1.33. The summed E-state index contributed by atoms with van der Waals surface area (Å²) >= 11 is 0. The van der Waals surface area contributed by atoms with Crippen molar-refractivity contribution in [3.05, 3.63) is 0 Å². The Morgan fingerprint density at radius 1 is 0.355 bits per heavy atom. The van der Waals surface area contributed by atoms with Gasteiger partial charge in [0.05, 0.1) is 0 Å². The maximum atomic E-state index is 9.86. The van der Waals surface area contributed by atoms with Gasteiger partial charge in [-0.1, -0.05) is 0 Å². The smallest absolute Gasteiger partial charge is 0.303 e. The van der Waals surface area contributed by atoms with E-state index in [2.05, 4.69) is 9.05 Å². The Kier molecular flexibility index (Phi) is 23.2. The van der Waals surface area contributed by atoms with Crippen LogP contribution in [0.15, 0.2) is 0 Å². The molecule has 0 aliphatic heterocycles. The van der Waals surface area contributed by atoms with E-state index in [0.29, 0.717) is 0 Å². The molecule has 0 aliphatic rings. The summed E-state index contributed by atoms with van der Waals surface area (Å²) in [6, 6.07) is 0. The van der Waals surface area contributed by atoms with Gasteiger partial charge in [-0.25, -0.2) is 27.4 Å². The molecule has 0 aromatic heterocycles. The molecule has 0 spiro atoms. The first kappa shape index (κ1) is 41.9. The zero-order valence-corrected chi connectivity index (χ0v) is 19.2. The molecule has 0 fully saturated rings. The Balaban J connectivity index is -0.0000000967. The molecule has 30 heteroatoms. The molecule has 0 aromatic rings. The van der Waals surface area contributed by atoms with Crippen molar-refractivity contribution in [2.24, 2.45) is 0 Å². The van der Waals surface area contributed by atoms with Crippen LogP contribution >= 0.6 is 46.9 Å². The lowest BCUT2D eigenvalue weighted by Gasteiger charge is -2.05. The molecule has 24 nitrogen and oxygen atoms in total. The fourth-order valence-corrected chi connectivity index (χ4v) is 0.624. The summed E-state index contributed by atoms with van der Waals surface area (Å²) in [6.45, 7) is -1.16. The van der Waals surface area contributed by atoms with E-state index in [-0.39, 0.29) is 0 Å². The van der Waals surface area contributed by atoms with Crippen LogP contribution in [-0.2, 0) is 36.4 Å². The second kappa shape index (κ2) is 17.1. The van der Waals surface area contributed by atoms with E-state index in [9.17, 15) is 9.13 Å². The molecule has 31 heavy (non-hydrogen) atoms. The summed E-state index contributed by atoms with van der Waals surface area (Å²) < 4.78 is 62.4. The van der Waals surface area contributed by atoms with Crippen molar-refractivity contribution < 1.29 is 115 Å². The first-order chi connectivity index (χ1) is 12.7. The third kappa shape index (κ3) is 336. The van der Waals surface area contributed by atoms with Gasteiger partial charge in [0.25, 0.3) is 0 Å². The van der Waals surface area contributed by atoms with E-state index in [0.717, 1.165) is 0 Å². The van der Waals surface area contributed by atoms with Crippen molar-refractivity contribution in [2.75, 3.05) is 6.79 Å². The molecular formula is CH18O24P6. The van der Waals surface area contributed by atoms with Crippen LogP contribution in [0.5, 0.6) is 0 Å². The molecule has 196 valence electrons. The summed E-state index contributed by atoms with van der Waals surface area (Å²) in [7, 11) is -28.0. The van der Waals surface area contributed by atoms with Crippen LogP contribution in [0.1, 0.15) is 0 Å². The molecule has 0 bridgehead atoms. The Morgan fingerprint density at radius 3 is 0.516 bits per heavy atom. The molecule has 0 saturated heterocycles. The number of phosphoric acid groups is 6. The Bertz CT molecular complexity index is 574. The lowest BCUT2D eigenvalue weighted by Crippen LogP contribution is -1.95. The van der Waals surface area contributed by atoms with Crippen LogP contribution in [0.3, 0.4) is 0 Å². The van der Waals surface area contributed by atoms with Crippen LogP contribution in [0, 0.1) is 0 Å². The molecule has 0 saturated carbocycles. The van der Waals surface area contributed by atoms with E-state index in [1.54, 1.807) is 0 Å². The monoisotopic (exact) mass is 600 g/mol. The van der Waals surface area contributed by atoms with Gasteiger partial charge >= 0.3 is 46.9 Å². The molecule has 0 heterocycles. The average molecular weight is 600 g/mol. The number of rotatable bonds is 4. The van der Waals surface area contributed by atoms with Crippen molar-refractivity contribution in [1.82, 2.24) is 0 Å². The highest BCUT2D eigenvalue weighted by molar-refractivity contribution is 7.47. The van der Waals surface area contributed by atoms with Gasteiger partial charge in [0.2, 0.25) is 0 Å². The van der Waals surface area contributed by atoms with Gasteiger partial charge in [-0.3, -0.25) is 9.05 Å². The van der Waals surface area contributed by atoms with Gasteiger partial charge < -0.3 is 78.3 Å². The van der Waals surface area contributed by atoms with Crippen LogP contribution < -0.4 is 0 Å². The Hall–Kier alpha value is 0.660. The zero-order chi connectivity index (χ0) is 27.1. The van der Waals surface area contributed by atoms with Crippen molar-refractivity contribution in [3.63, 3.8) is 0 Å². The summed E-state index contributed by atoms with van der Waals surface area (Å²) in [5, 5.41) is 0. The molecule has 0 atom stereocenters. The first-order valence-electron chi connectivity index (χ1n) is 5.24. The Labute approximate surface area is 169 Å². The summed E-state index contributed by atoms with van der Waals surface area (Å²) in [5.41, 5.74) is 0. The Morgan fingerprint density at radius 2 is 0.452 bits per heavy atom.